The van der Waals surface area contributed by atoms with E-state index in [4.69, 9.17) is 9.84 Å². The van der Waals surface area contributed by atoms with Gasteiger partial charge in [0.05, 0.1) is 13.2 Å². The molecule has 0 aliphatic heterocycles. The molecule has 1 aromatic heterocycles. The smallest absolute Gasteiger partial charge is 0.189 e. The molecule has 0 aliphatic rings. The molecule has 6 nitrogen and oxygen atoms in total. The molecule has 16 heavy (non-hydrogen) atoms. The van der Waals surface area contributed by atoms with Crippen molar-refractivity contribution in [2.75, 3.05) is 6.61 Å². The van der Waals surface area contributed by atoms with Gasteiger partial charge in [-0.15, -0.1) is 5.10 Å². The van der Waals surface area contributed by atoms with Crippen molar-refractivity contribution in [2.45, 2.75) is 13.2 Å². The van der Waals surface area contributed by atoms with E-state index in [1.807, 2.05) is 30.3 Å². The van der Waals surface area contributed by atoms with E-state index in [2.05, 4.69) is 15.5 Å². The molecule has 0 spiro atoms. The quantitative estimate of drug-likeness (QED) is 0.781. The van der Waals surface area contributed by atoms with Crippen molar-refractivity contribution in [3.8, 4) is 5.75 Å². The standard InChI is InChI=1S/C10H12N4O2/c15-7-6-14-10(11-12-13-14)8-16-9-4-2-1-3-5-9/h1-5,15H,6-8H2. The van der Waals surface area contributed by atoms with E-state index in [1.54, 1.807) is 0 Å². The fourth-order valence-corrected chi connectivity index (χ4v) is 1.26. The van der Waals surface area contributed by atoms with Crippen molar-refractivity contribution in [3.05, 3.63) is 36.2 Å². The average molecular weight is 220 g/mol. The number of nitrogens with zero attached hydrogens (tertiary/aromatic N) is 4. The third-order valence-electron chi connectivity index (χ3n) is 2.03. The molecule has 0 fully saturated rings. The van der Waals surface area contributed by atoms with Gasteiger partial charge in [0.1, 0.15) is 12.4 Å². The van der Waals surface area contributed by atoms with Gasteiger partial charge in [0, 0.05) is 0 Å². The molecule has 0 saturated carbocycles. The van der Waals surface area contributed by atoms with Gasteiger partial charge < -0.3 is 9.84 Å². The van der Waals surface area contributed by atoms with Gasteiger partial charge in [0.15, 0.2) is 5.82 Å². The van der Waals surface area contributed by atoms with Gasteiger partial charge in [-0.3, -0.25) is 0 Å². The minimum absolute atomic E-state index is 0.00335. The van der Waals surface area contributed by atoms with Crippen molar-refractivity contribution in [2.24, 2.45) is 0 Å². The molecule has 84 valence electrons. The van der Waals surface area contributed by atoms with Gasteiger partial charge in [-0.05, 0) is 22.6 Å². The van der Waals surface area contributed by atoms with Crippen LogP contribution in [0.5, 0.6) is 5.75 Å². The summed E-state index contributed by atoms with van der Waals surface area (Å²) in [5.74, 6) is 1.36. The Hall–Kier alpha value is -1.95. The van der Waals surface area contributed by atoms with Crippen LogP contribution in [0.2, 0.25) is 0 Å². The molecule has 1 aromatic carbocycles. The molecular formula is C10H12N4O2. The minimum Gasteiger partial charge on any atom is -0.486 e. The zero-order valence-corrected chi connectivity index (χ0v) is 8.65. The normalized spacial score (nSPS) is 10.3. The van der Waals surface area contributed by atoms with Crippen LogP contribution in [-0.4, -0.2) is 31.9 Å². The Bertz CT molecular complexity index is 429. The molecule has 6 heteroatoms. The van der Waals surface area contributed by atoms with E-state index in [0.717, 1.165) is 5.75 Å². The second kappa shape index (κ2) is 5.22. The van der Waals surface area contributed by atoms with Crippen LogP contribution in [0.1, 0.15) is 5.82 Å². The summed E-state index contributed by atoms with van der Waals surface area (Å²) in [6, 6.07) is 9.43. The van der Waals surface area contributed by atoms with Crippen LogP contribution in [0.3, 0.4) is 0 Å². The first-order chi connectivity index (χ1) is 7.90. The highest BCUT2D eigenvalue weighted by Crippen LogP contribution is 2.09. The zero-order valence-electron chi connectivity index (χ0n) is 8.65. The highest BCUT2D eigenvalue weighted by atomic mass is 16.5. The fraction of sp³-hybridized carbons (Fsp3) is 0.300. The molecule has 0 unspecified atom stereocenters. The van der Waals surface area contributed by atoms with Gasteiger partial charge in [0.25, 0.3) is 0 Å². The second-order valence-electron chi connectivity index (χ2n) is 3.14. The van der Waals surface area contributed by atoms with E-state index in [9.17, 15) is 0 Å². The molecule has 1 N–H and O–H groups in total. The largest absolute Gasteiger partial charge is 0.486 e. The average Bonchev–Trinajstić information content (AvgIpc) is 2.76. The number of ether oxygens (including phenoxy) is 1. The Kier molecular flexibility index (Phi) is 3.45. The SMILES string of the molecule is OCCn1nnnc1COc1ccccc1. The van der Waals surface area contributed by atoms with Crippen molar-refractivity contribution in [3.63, 3.8) is 0 Å². The maximum Gasteiger partial charge on any atom is 0.189 e. The van der Waals surface area contributed by atoms with Gasteiger partial charge >= 0.3 is 0 Å². The molecule has 0 bridgehead atoms. The molecule has 0 saturated heterocycles. The number of aliphatic hydroxyl groups excluding tert-OH is 1. The predicted molar refractivity (Wildman–Crippen MR) is 55.7 cm³/mol. The van der Waals surface area contributed by atoms with Crippen LogP contribution in [0, 0.1) is 0 Å². The Morgan fingerprint density at radius 3 is 2.81 bits per heavy atom. The molecule has 0 radical (unpaired) electrons. The summed E-state index contributed by atoms with van der Waals surface area (Å²) in [7, 11) is 0. The summed E-state index contributed by atoms with van der Waals surface area (Å²) >= 11 is 0. The molecule has 2 aromatic rings. The topological polar surface area (TPSA) is 73.1 Å². The zero-order chi connectivity index (χ0) is 11.2. The van der Waals surface area contributed by atoms with E-state index in [1.165, 1.54) is 4.68 Å². The number of aromatic nitrogens is 4. The van der Waals surface area contributed by atoms with Crippen molar-refractivity contribution in [1.82, 2.24) is 20.2 Å². The summed E-state index contributed by atoms with van der Waals surface area (Å²) in [6.45, 7) is 0.668. The highest BCUT2D eigenvalue weighted by Gasteiger charge is 2.05. The monoisotopic (exact) mass is 220 g/mol. The van der Waals surface area contributed by atoms with Gasteiger partial charge in [0.2, 0.25) is 0 Å². The Labute approximate surface area is 92.5 Å². The first-order valence-electron chi connectivity index (χ1n) is 4.94. The number of aliphatic hydroxyl groups is 1. The summed E-state index contributed by atoms with van der Waals surface area (Å²) in [6.07, 6.45) is 0. The number of hydrogen-bond acceptors (Lipinski definition) is 5. The molecule has 0 amide bonds. The summed E-state index contributed by atoms with van der Waals surface area (Å²) in [5, 5.41) is 19.9. The van der Waals surface area contributed by atoms with Crippen molar-refractivity contribution in [1.29, 1.82) is 0 Å². The van der Waals surface area contributed by atoms with E-state index in [-0.39, 0.29) is 13.2 Å². The van der Waals surface area contributed by atoms with Crippen LogP contribution in [0.25, 0.3) is 0 Å². The minimum atomic E-state index is 0.00335. The fourth-order valence-electron chi connectivity index (χ4n) is 1.26. The maximum atomic E-state index is 8.79. The predicted octanol–water partition coefficient (Wildman–Crippen LogP) is 0.244. The van der Waals surface area contributed by atoms with E-state index >= 15 is 0 Å². The lowest BCUT2D eigenvalue weighted by molar-refractivity contribution is 0.250. The second-order valence-corrected chi connectivity index (χ2v) is 3.14. The van der Waals surface area contributed by atoms with Crippen molar-refractivity contribution < 1.29 is 9.84 Å². The summed E-state index contributed by atoms with van der Waals surface area (Å²) in [4.78, 5) is 0. The molecular weight excluding hydrogens is 208 g/mol. The van der Waals surface area contributed by atoms with Crippen LogP contribution < -0.4 is 4.74 Å². The number of para-hydroxylation sites is 1. The number of tetrazole rings is 1. The van der Waals surface area contributed by atoms with Gasteiger partial charge in [-0.25, -0.2) is 4.68 Å². The first-order valence-corrected chi connectivity index (χ1v) is 4.94. The molecule has 0 aliphatic carbocycles. The van der Waals surface area contributed by atoms with E-state index in [0.29, 0.717) is 12.4 Å². The van der Waals surface area contributed by atoms with E-state index < -0.39 is 0 Å². The van der Waals surface area contributed by atoms with Crippen LogP contribution >= 0.6 is 0 Å². The first kappa shape index (κ1) is 10.6. The molecule has 1 heterocycles. The lowest BCUT2D eigenvalue weighted by Gasteiger charge is -2.05. The maximum absolute atomic E-state index is 8.79. The van der Waals surface area contributed by atoms with Gasteiger partial charge in [-0.1, -0.05) is 18.2 Å². The van der Waals surface area contributed by atoms with Crippen molar-refractivity contribution >= 4 is 0 Å². The lowest BCUT2D eigenvalue weighted by Crippen LogP contribution is -2.11. The van der Waals surface area contributed by atoms with Crippen LogP contribution in [0.15, 0.2) is 30.3 Å². The highest BCUT2D eigenvalue weighted by molar-refractivity contribution is 5.20. The number of benzene rings is 1. The molecule has 2 rings (SSSR count). The number of hydrogen-bond donors (Lipinski definition) is 1. The molecule has 0 atom stereocenters. The van der Waals surface area contributed by atoms with Crippen LogP contribution in [-0.2, 0) is 13.2 Å². The third-order valence-corrected chi connectivity index (χ3v) is 2.03. The Balaban J connectivity index is 1.97. The summed E-state index contributed by atoms with van der Waals surface area (Å²) in [5.41, 5.74) is 0. The number of rotatable bonds is 5. The lowest BCUT2D eigenvalue weighted by atomic mass is 10.3. The van der Waals surface area contributed by atoms with Gasteiger partial charge in [-0.2, -0.15) is 0 Å². The Morgan fingerprint density at radius 2 is 2.06 bits per heavy atom. The van der Waals surface area contributed by atoms with Crippen LogP contribution in [0.4, 0.5) is 0 Å². The Morgan fingerprint density at radius 1 is 1.25 bits per heavy atom. The summed E-state index contributed by atoms with van der Waals surface area (Å²) < 4.78 is 7.01. The third kappa shape index (κ3) is 2.54.